The van der Waals surface area contributed by atoms with Crippen LogP contribution in [0, 0.1) is 28.9 Å². The molecular formula is C21H16F5N5O2. The third-order valence-electron chi connectivity index (χ3n) is 5.74. The number of ether oxygens (including phenoxy) is 1. The fraction of sp³-hybridized carbons (Fsp3) is 0.333. The van der Waals surface area contributed by atoms with Crippen LogP contribution >= 0.6 is 0 Å². The summed E-state index contributed by atoms with van der Waals surface area (Å²) in [4.78, 5) is 19.9. The number of nitrogens with zero attached hydrogens (tertiary/aromatic N) is 3. The van der Waals surface area contributed by atoms with Crippen LogP contribution in [0.3, 0.4) is 0 Å². The SMILES string of the molecule is N#Cc1cnc(C(=O)Nc2ccc(F)c([C@@]3(CF)N=C(N)O[C@@H]4CC(F)(F)C[C@@H]43)c2)c(F)c1. The van der Waals surface area contributed by atoms with Crippen molar-refractivity contribution in [2.24, 2.45) is 16.6 Å². The molecule has 1 aromatic carbocycles. The summed E-state index contributed by atoms with van der Waals surface area (Å²) in [5.41, 5.74) is 2.27. The lowest BCUT2D eigenvalue weighted by atomic mass is 9.76. The number of carbonyl (C=O) groups is 1. The number of nitriles is 1. The van der Waals surface area contributed by atoms with Crippen molar-refractivity contribution in [3.63, 3.8) is 0 Å². The number of aromatic nitrogens is 1. The third-order valence-corrected chi connectivity index (χ3v) is 5.74. The van der Waals surface area contributed by atoms with Gasteiger partial charge in [-0.05, 0) is 24.3 Å². The molecule has 172 valence electrons. The number of rotatable bonds is 4. The minimum absolute atomic E-state index is 0.0867. The summed E-state index contributed by atoms with van der Waals surface area (Å²) >= 11 is 0. The van der Waals surface area contributed by atoms with E-state index in [-0.39, 0.29) is 11.3 Å². The number of nitrogens with two attached hydrogens (primary N) is 1. The summed E-state index contributed by atoms with van der Waals surface area (Å²) in [7, 11) is 0. The van der Waals surface area contributed by atoms with E-state index < -0.39 is 77.8 Å². The highest BCUT2D eigenvalue weighted by atomic mass is 19.3. The van der Waals surface area contributed by atoms with Crippen LogP contribution in [0.4, 0.5) is 27.6 Å². The molecule has 3 N–H and O–H groups in total. The Morgan fingerprint density at radius 2 is 2.03 bits per heavy atom. The van der Waals surface area contributed by atoms with Gasteiger partial charge in [0.05, 0.1) is 5.56 Å². The standard InChI is InChI=1S/C21H16F5N5O2/c22-9-21(13-5-20(25,26)6-16(13)33-19(28)31-21)12-4-11(1-2-14(12)23)30-18(32)17-15(24)3-10(7-27)8-29-17/h1-4,8,13,16H,5-6,9H2,(H2,28,31)(H,30,32)/t13-,16+,21+/m0/s1. The zero-order valence-corrected chi connectivity index (χ0v) is 16.8. The lowest BCUT2D eigenvalue weighted by Crippen LogP contribution is -2.48. The first kappa shape index (κ1) is 22.4. The molecule has 1 amide bonds. The Morgan fingerprint density at radius 3 is 2.70 bits per heavy atom. The van der Waals surface area contributed by atoms with Gasteiger partial charge < -0.3 is 15.8 Å². The zero-order valence-electron chi connectivity index (χ0n) is 16.8. The molecule has 33 heavy (non-hydrogen) atoms. The molecule has 0 bridgehead atoms. The largest absolute Gasteiger partial charge is 0.461 e. The van der Waals surface area contributed by atoms with Crippen molar-refractivity contribution in [2.45, 2.75) is 30.4 Å². The Balaban J connectivity index is 1.71. The van der Waals surface area contributed by atoms with E-state index in [0.29, 0.717) is 0 Å². The molecule has 4 rings (SSSR count). The minimum atomic E-state index is -3.18. The van der Waals surface area contributed by atoms with Crippen LogP contribution in [0.5, 0.6) is 0 Å². The number of aliphatic imine (C=N–C) groups is 1. The highest BCUT2D eigenvalue weighted by molar-refractivity contribution is 6.03. The van der Waals surface area contributed by atoms with E-state index in [9.17, 15) is 26.7 Å². The Hall–Kier alpha value is -3.75. The smallest absolute Gasteiger partial charge is 0.283 e. The summed E-state index contributed by atoms with van der Waals surface area (Å²) in [6.45, 7) is -1.35. The van der Waals surface area contributed by atoms with Crippen LogP contribution in [-0.4, -0.2) is 35.6 Å². The van der Waals surface area contributed by atoms with Gasteiger partial charge in [0.2, 0.25) is 0 Å². The molecule has 0 radical (unpaired) electrons. The van der Waals surface area contributed by atoms with Gasteiger partial charge >= 0.3 is 0 Å². The van der Waals surface area contributed by atoms with Crippen LogP contribution in [0.25, 0.3) is 0 Å². The molecule has 1 saturated carbocycles. The minimum Gasteiger partial charge on any atom is -0.461 e. The van der Waals surface area contributed by atoms with Gasteiger partial charge in [-0.1, -0.05) is 0 Å². The molecule has 2 aliphatic rings. The number of alkyl halides is 3. The van der Waals surface area contributed by atoms with E-state index in [1.54, 1.807) is 6.07 Å². The van der Waals surface area contributed by atoms with E-state index >= 15 is 0 Å². The number of hydrogen-bond donors (Lipinski definition) is 2. The average molecular weight is 465 g/mol. The lowest BCUT2D eigenvalue weighted by molar-refractivity contribution is -0.00299. The predicted octanol–water partition coefficient (Wildman–Crippen LogP) is 3.41. The van der Waals surface area contributed by atoms with Gasteiger partial charge in [0.25, 0.3) is 17.9 Å². The number of amides is 1. The number of carbonyl (C=O) groups excluding carboxylic acids is 1. The van der Waals surface area contributed by atoms with Crippen molar-refractivity contribution >= 4 is 17.6 Å². The maximum Gasteiger partial charge on any atom is 0.283 e. The lowest BCUT2D eigenvalue weighted by Gasteiger charge is -2.40. The fourth-order valence-electron chi connectivity index (χ4n) is 4.29. The second-order valence-corrected chi connectivity index (χ2v) is 7.85. The third kappa shape index (κ3) is 3.94. The van der Waals surface area contributed by atoms with Crippen molar-refractivity contribution in [2.75, 3.05) is 12.0 Å². The van der Waals surface area contributed by atoms with Crippen molar-refractivity contribution < 1.29 is 31.5 Å². The van der Waals surface area contributed by atoms with Crippen LogP contribution in [0.2, 0.25) is 0 Å². The molecule has 0 spiro atoms. The summed E-state index contributed by atoms with van der Waals surface area (Å²) in [6, 6.07) is 4.99. The van der Waals surface area contributed by atoms with Gasteiger partial charge in [-0.2, -0.15) is 5.26 Å². The molecule has 2 heterocycles. The van der Waals surface area contributed by atoms with Crippen LogP contribution in [0.1, 0.15) is 34.5 Å². The Labute approximate surface area is 184 Å². The molecule has 1 aliphatic carbocycles. The number of nitrogens with one attached hydrogen (secondary N) is 1. The quantitative estimate of drug-likeness (QED) is 0.672. The van der Waals surface area contributed by atoms with Gasteiger partial charge in [-0.25, -0.2) is 31.9 Å². The molecule has 3 atom stereocenters. The Kier molecular flexibility index (Phi) is 5.43. The fourth-order valence-corrected chi connectivity index (χ4v) is 4.29. The number of benzene rings is 1. The first-order valence-electron chi connectivity index (χ1n) is 9.71. The summed E-state index contributed by atoms with van der Waals surface area (Å²) in [5.74, 6) is -7.45. The number of amidine groups is 1. The van der Waals surface area contributed by atoms with Gasteiger partial charge in [0, 0.05) is 36.2 Å². The molecule has 0 saturated heterocycles. The number of hydrogen-bond acceptors (Lipinski definition) is 6. The number of halogens is 5. The summed E-state index contributed by atoms with van der Waals surface area (Å²) in [6.07, 6.45) is -1.71. The maximum atomic E-state index is 14.9. The number of anilines is 1. The van der Waals surface area contributed by atoms with Gasteiger partial charge in [0.15, 0.2) is 11.5 Å². The van der Waals surface area contributed by atoms with Crippen molar-refractivity contribution in [1.82, 2.24) is 4.98 Å². The molecule has 1 fully saturated rings. The van der Waals surface area contributed by atoms with E-state index in [2.05, 4.69) is 15.3 Å². The number of pyridine rings is 1. The van der Waals surface area contributed by atoms with Crippen LogP contribution in [0.15, 0.2) is 35.5 Å². The highest BCUT2D eigenvalue weighted by Gasteiger charge is 2.60. The van der Waals surface area contributed by atoms with Crippen molar-refractivity contribution in [3.05, 3.63) is 58.9 Å². The first-order chi connectivity index (χ1) is 15.6. The van der Waals surface area contributed by atoms with Gasteiger partial charge in [-0.15, -0.1) is 0 Å². The van der Waals surface area contributed by atoms with Crippen molar-refractivity contribution in [3.8, 4) is 6.07 Å². The summed E-state index contributed by atoms with van der Waals surface area (Å²) in [5, 5.41) is 11.1. The average Bonchev–Trinajstić information content (AvgIpc) is 3.08. The van der Waals surface area contributed by atoms with E-state index in [1.165, 1.54) is 0 Å². The molecule has 1 aliphatic heterocycles. The maximum absolute atomic E-state index is 14.9. The monoisotopic (exact) mass is 465 g/mol. The predicted molar refractivity (Wildman–Crippen MR) is 105 cm³/mol. The Bertz CT molecular complexity index is 1200. The molecular weight excluding hydrogens is 449 g/mol. The molecule has 7 nitrogen and oxygen atoms in total. The van der Waals surface area contributed by atoms with Crippen LogP contribution < -0.4 is 11.1 Å². The van der Waals surface area contributed by atoms with Crippen LogP contribution in [-0.2, 0) is 10.3 Å². The van der Waals surface area contributed by atoms with Crippen molar-refractivity contribution in [1.29, 1.82) is 5.26 Å². The normalized spacial score (nSPS) is 25.4. The van der Waals surface area contributed by atoms with Gasteiger partial charge in [0.1, 0.15) is 30.2 Å². The summed E-state index contributed by atoms with van der Waals surface area (Å²) < 4.78 is 76.7. The second-order valence-electron chi connectivity index (χ2n) is 7.85. The topological polar surface area (TPSA) is 113 Å². The molecule has 1 aromatic heterocycles. The first-order valence-corrected chi connectivity index (χ1v) is 9.71. The van der Waals surface area contributed by atoms with E-state index in [0.717, 1.165) is 30.5 Å². The Morgan fingerprint density at radius 1 is 1.27 bits per heavy atom. The molecule has 0 unspecified atom stereocenters. The molecule has 12 heteroatoms. The highest BCUT2D eigenvalue weighted by Crippen LogP contribution is 2.53. The molecule has 2 aromatic rings. The second kappa shape index (κ2) is 7.99. The zero-order chi connectivity index (χ0) is 24.0. The van der Waals surface area contributed by atoms with Gasteiger partial charge in [-0.3, -0.25) is 4.79 Å². The number of fused-ring (bicyclic) bond motifs is 1. The van der Waals surface area contributed by atoms with E-state index in [4.69, 9.17) is 15.7 Å². The van der Waals surface area contributed by atoms with E-state index in [1.807, 2.05) is 0 Å².